The maximum atomic E-state index is 11.3. The second-order valence-electron chi connectivity index (χ2n) is 4.07. The first-order chi connectivity index (χ1) is 7.57. The number of hydrogen-bond acceptors (Lipinski definition) is 3. The Morgan fingerprint density at radius 2 is 2.12 bits per heavy atom. The number of halogens is 1. The van der Waals surface area contributed by atoms with Crippen LogP contribution >= 0.6 is 11.6 Å². The summed E-state index contributed by atoms with van der Waals surface area (Å²) in [5.41, 5.74) is 1.01. The largest absolute Gasteiger partial charge is 0.309 e. The predicted octanol–water partition coefficient (Wildman–Crippen LogP) is 1.62. The van der Waals surface area contributed by atoms with Crippen molar-refractivity contribution >= 4 is 21.4 Å². The van der Waals surface area contributed by atoms with Crippen molar-refractivity contribution < 1.29 is 8.42 Å². The lowest BCUT2D eigenvalue weighted by Crippen LogP contribution is -2.29. The van der Waals surface area contributed by atoms with E-state index in [2.05, 4.69) is 5.32 Å². The number of sulfone groups is 1. The fraction of sp³-hybridized carbons (Fsp3) is 0.455. The van der Waals surface area contributed by atoms with Gasteiger partial charge >= 0.3 is 0 Å². The Morgan fingerprint density at radius 3 is 2.75 bits per heavy atom. The van der Waals surface area contributed by atoms with Crippen molar-refractivity contribution in [3.05, 3.63) is 34.9 Å². The minimum Gasteiger partial charge on any atom is -0.309 e. The first kappa shape index (κ1) is 11.9. The molecule has 2 rings (SSSR count). The van der Waals surface area contributed by atoms with E-state index in [1.54, 1.807) is 0 Å². The van der Waals surface area contributed by atoms with Gasteiger partial charge in [0.1, 0.15) is 0 Å². The molecule has 1 N–H and O–H groups in total. The van der Waals surface area contributed by atoms with Gasteiger partial charge in [-0.05, 0) is 18.1 Å². The maximum Gasteiger partial charge on any atom is 0.151 e. The summed E-state index contributed by atoms with van der Waals surface area (Å²) in [5.74, 6) is 0.546. The summed E-state index contributed by atoms with van der Waals surface area (Å²) in [4.78, 5) is 0. The van der Waals surface area contributed by atoms with Crippen molar-refractivity contribution in [1.29, 1.82) is 0 Å². The third-order valence-corrected chi connectivity index (χ3v) is 4.91. The smallest absolute Gasteiger partial charge is 0.151 e. The van der Waals surface area contributed by atoms with Crippen LogP contribution in [0.25, 0.3) is 0 Å². The zero-order valence-corrected chi connectivity index (χ0v) is 10.4. The van der Waals surface area contributed by atoms with Gasteiger partial charge in [-0.15, -0.1) is 0 Å². The Morgan fingerprint density at radius 1 is 1.38 bits per heavy atom. The Balaban J connectivity index is 1.92. The van der Waals surface area contributed by atoms with Crippen molar-refractivity contribution in [2.45, 2.75) is 19.0 Å². The second kappa shape index (κ2) is 4.73. The van der Waals surface area contributed by atoms with Gasteiger partial charge in [0.05, 0.1) is 11.5 Å². The normalized spacial score (nSPS) is 23.4. The molecule has 0 aromatic heterocycles. The van der Waals surface area contributed by atoms with Crippen LogP contribution in [-0.4, -0.2) is 26.0 Å². The topological polar surface area (TPSA) is 46.2 Å². The van der Waals surface area contributed by atoms with Crippen molar-refractivity contribution in [2.75, 3.05) is 11.5 Å². The van der Waals surface area contributed by atoms with Gasteiger partial charge < -0.3 is 5.32 Å². The molecular formula is C11H14ClNO2S. The standard InChI is InChI=1S/C11H14ClNO2S/c12-11-4-2-1-3-9(11)7-13-10-5-6-16(14,15)8-10/h1-4,10,13H,5-8H2. The average Bonchev–Trinajstić information content (AvgIpc) is 2.57. The summed E-state index contributed by atoms with van der Waals surface area (Å²) in [7, 11) is -2.81. The second-order valence-corrected chi connectivity index (χ2v) is 6.71. The predicted molar refractivity (Wildman–Crippen MR) is 65.4 cm³/mol. The lowest BCUT2D eigenvalue weighted by atomic mass is 10.2. The molecule has 0 bridgehead atoms. The summed E-state index contributed by atoms with van der Waals surface area (Å²) in [6.45, 7) is 0.625. The van der Waals surface area contributed by atoms with Gasteiger partial charge in [-0.1, -0.05) is 29.8 Å². The van der Waals surface area contributed by atoms with E-state index in [0.29, 0.717) is 18.7 Å². The van der Waals surface area contributed by atoms with E-state index in [9.17, 15) is 8.42 Å². The van der Waals surface area contributed by atoms with Gasteiger partial charge in [0, 0.05) is 17.6 Å². The highest BCUT2D eigenvalue weighted by Crippen LogP contribution is 2.16. The van der Waals surface area contributed by atoms with E-state index in [1.807, 2.05) is 24.3 Å². The molecule has 88 valence electrons. The molecule has 0 saturated carbocycles. The van der Waals surface area contributed by atoms with Gasteiger partial charge in [-0.3, -0.25) is 0 Å². The molecule has 1 saturated heterocycles. The zero-order chi connectivity index (χ0) is 11.6. The molecule has 1 aromatic carbocycles. The van der Waals surface area contributed by atoms with Crippen LogP contribution in [0, 0.1) is 0 Å². The fourth-order valence-electron chi connectivity index (χ4n) is 1.85. The van der Waals surface area contributed by atoms with E-state index in [0.717, 1.165) is 10.6 Å². The van der Waals surface area contributed by atoms with Crippen LogP contribution in [0.2, 0.25) is 5.02 Å². The Bertz CT molecular complexity index is 473. The minimum absolute atomic E-state index is 0.0706. The Kier molecular flexibility index (Phi) is 3.52. The highest BCUT2D eigenvalue weighted by atomic mass is 35.5. The summed E-state index contributed by atoms with van der Waals surface area (Å²) in [6, 6.07) is 7.66. The number of nitrogens with one attached hydrogen (secondary N) is 1. The summed E-state index contributed by atoms with van der Waals surface area (Å²) >= 11 is 6.01. The minimum atomic E-state index is -2.81. The molecule has 1 atom stereocenters. The molecule has 1 heterocycles. The van der Waals surface area contributed by atoms with E-state index in [1.165, 1.54) is 0 Å². The molecule has 5 heteroatoms. The van der Waals surface area contributed by atoms with E-state index in [4.69, 9.17) is 11.6 Å². The SMILES string of the molecule is O=S1(=O)CCC(NCc2ccccc2Cl)C1. The van der Waals surface area contributed by atoms with Crippen LogP contribution in [-0.2, 0) is 16.4 Å². The Hall–Kier alpha value is -0.580. The van der Waals surface area contributed by atoms with E-state index < -0.39 is 9.84 Å². The molecule has 1 fully saturated rings. The van der Waals surface area contributed by atoms with Crippen LogP contribution in [0.5, 0.6) is 0 Å². The molecule has 0 radical (unpaired) electrons. The van der Waals surface area contributed by atoms with Gasteiger partial charge in [-0.2, -0.15) is 0 Å². The number of rotatable bonds is 3. The first-order valence-electron chi connectivity index (χ1n) is 5.24. The molecule has 16 heavy (non-hydrogen) atoms. The molecule has 1 aromatic rings. The lowest BCUT2D eigenvalue weighted by molar-refractivity contribution is 0.554. The van der Waals surface area contributed by atoms with Crippen molar-refractivity contribution in [3.63, 3.8) is 0 Å². The molecule has 1 aliphatic heterocycles. The zero-order valence-electron chi connectivity index (χ0n) is 8.82. The van der Waals surface area contributed by atoms with Gasteiger partial charge in [0.15, 0.2) is 9.84 Å². The van der Waals surface area contributed by atoms with E-state index in [-0.39, 0.29) is 11.8 Å². The molecular weight excluding hydrogens is 246 g/mol. The Labute approximate surface area is 101 Å². The quantitative estimate of drug-likeness (QED) is 0.897. The van der Waals surface area contributed by atoms with Gasteiger partial charge in [-0.25, -0.2) is 8.42 Å². The van der Waals surface area contributed by atoms with Crippen molar-refractivity contribution in [1.82, 2.24) is 5.32 Å². The molecule has 3 nitrogen and oxygen atoms in total. The maximum absolute atomic E-state index is 11.3. The van der Waals surface area contributed by atoms with E-state index >= 15 is 0 Å². The number of benzene rings is 1. The highest BCUT2D eigenvalue weighted by Gasteiger charge is 2.27. The van der Waals surface area contributed by atoms with Crippen LogP contribution in [0.4, 0.5) is 0 Å². The van der Waals surface area contributed by atoms with Crippen molar-refractivity contribution in [3.8, 4) is 0 Å². The molecule has 1 unspecified atom stereocenters. The van der Waals surface area contributed by atoms with Gasteiger partial charge in [0.25, 0.3) is 0 Å². The van der Waals surface area contributed by atoms with Crippen LogP contribution in [0.1, 0.15) is 12.0 Å². The monoisotopic (exact) mass is 259 g/mol. The molecule has 0 aliphatic carbocycles. The molecule has 1 aliphatic rings. The highest BCUT2D eigenvalue weighted by molar-refractivity contribution is 7.91. The fourth-order valence-corrected chi connectivity index (χ4v) is 3.76. The molecule has 0 amide bonds. The van der Waals surface area contributed by atoms with Crippen molar-refractivity contribution in [2.24, 2.45) is 0 Å². The van der Waals surface area contributed by atoms with Crippen LogP contribution < -0.4 is 5.32 Å². The number of hydrogen-bond donors (Lipinski definition) is 1. The summed E-state index contributed by atoms with van der Waals surface area (Å²) in [5, 5.41) is 3.95. The molecule has 0 spiro atoms. The third kappa shape index (κ3) is 2.97. The van der Waals surface area contributed by atoms with Crippen LogP contribution in [0.3, 0.4) is 0 Å². The van der Waals surface area contributed by atoms with Crippen LogP contribution in [0.15, 0.2) is 24.3 Å². The third-order valence-electron chi connectivity index (χ3n) is 2.77. The summed E-state index contributed by atoms with van der Waals surface area (Å²) in [6.07, 6.45) is 0.701. The lowest BCUT2D eigenvalue weighted by Gasteiger charge is -2.11. The summed E-state index contributed by atoms with van der Waals surface area (Å²) < 4.78 is 22.5. The van der Waals surface area contributed by atoms with Gasteiger partial charge in [0.2, 0.25) is 0 Å². The average molecular weight is 260 g/mol. The first-order valence-corrected chi connectivity index (χ1v) is 7.44.